The Kier molecular flexibility index (Phi) is 7.57. The largest absolute Gasteiger partial charge is 0.450 e. The lowest BCUT2D eigenvalue weighted by atomic mass is 9.68. The van der Waals surface area contributed by atoms with E-state index in [0.717, 1.165) is 51.1 Å². The SMILES string of the molecule is C[C@H](c1ccc(C(=O)N(C2CC2)[C@H]2CC[C@](CCOC(N)=O)(c3ccccn3)CC2)cc1)C(F)(F)F. The van der Waals surface area contributed by atoms with Crippen molar-refractivity contribution in [2.24, 2.45) is 5.73 Å². The summed E-state index contributed by atoms with van der Waals surface area (Å²) in [5, 5.41) is 0. The van der Waals surface area contributed by atoms with Gasteiger partial charge >= 0.3 is 12.3 Å². The molecule has 0 radical (unpaired) electrons. The molecule has 0 saturated heterocycles. The maximum atomic E-state index is 13.5. The van der Waals surface area contributed by atoms with Crippen molar-refractivity contribution in [2.75, 3.05) is 6.61 Å². The van der Waals surface area contributed by atoms with Gasteiger partial charge in [0, 0.05) is 35.0 Å². The highest BCUT2D eigenvalue weighted by Crippen LogP contribution is 2.45. The first kappa shape index (κ1) is 26.0. The van der Waals surface area contributed by atoms with Crippen LogP contribution in [-0.2, 0) is 10.2 Å². The summed E-state index contributed by atoms with van der Waals surface area (Å²) in [6, 6.07) is 11.8. The summed E-state index contributed by atoms with van der Waals surface area (Å²) in [7, 11) is 0. The fraction of sp³-hybridized carbons (Fsp3) is 0.519. The van der Waals surface area contributed by atoms with Gasteiger partial charge in [0.15, 0.2) is 0 Å². The van der Waals surface area contributed by atoms with Crippen LogP contribution in [0.5, 0.6) is 0 Å². The number of nitrogens with two attached hydrogens (primary N) is 1. The van der Waals surface area contributed by atoms with E-state index in [-0.39, 0.29) is 35.6 Å². The third kappa shape index (κ3) is 5.82. The molecule has 2 aromatic rings. The highest BCUT2D eigenvalue weighted by molar-refractivity contribution is 5.95. The van der Waals surface area contributed by atoms with E-state index in [2.05, 4.69) is 4.98 Å². The van der Waals surface area contributed by atoms with Crippen molar-refractivity contribution in [3.05, 3.63) is 65.5 Å². The van der Waals surface area contributed by atoms with Crippen molar-refractivity contribution in [3.8, 4) is 0 Å². The smallest absolute Gasteiger partial charge is 0.404 e. The van der Waals surface area contributed by atoms with E-state index in [0.29, 0.717) is 12.0 Å². The normalized spacial score (nSPS) is 23.1. The lowest BCUT2D eigenvalue weighted by Gasteiger charge is -2.43. The topological polar surface area (TPSA) is 85.5 Å². The van der Waals surface area contributed by atoms with E-state index in [4.69, 9.17) is 10.5 Å². The fourth-order valence-electron chi connectivity index (χ4n) is 5.33. The minimum absolute atomic E-state index is 0.0349. The second-order valence-electron chi connectivity index (χ2n) is 9.97. The standard InChI is InChI=1S/C27H32F3N3O3/c1-18(27(28,29)30)19-5-7-20(8-6-19)24(34)33(21-9-10-21)22-11-13-26(14-12-22,15-17-36-25(31)35)23-4-2-3-16-32-23/h2-8,16,18,21-22H,9-15,17H2,1H3,(H2,31,35)/t18-,22-,26-/m1/s1. The average molecular weight is 504 g/mol. The first-order valence-corrected chi connectivity index (χ1v) is 12.4. The molecule has 2 fully saturated rings. The van der Waals surface area contributed by atoms with Gasteiger partial charge in [-0.1, -0.05) is 18.2 Å². The van der Waals surface area contributed by atoms with Gasteiger partial charge in [0.05, 0.1) is 12.5 Å². The van der Waals surface area contributed by atoms with Crippen LogP contribution in [0.15, 0.2) is 48.7 Å². The Bertz CT molecular complexity index is 1050. The van der Waals surface area contributed by atoms with Crippen molar-refractivity contribution in [3.63, 3.8) is 0 Å². The van der Waals surface area contributed by atoms with Gasteiger partial charge in [-0.25, -0.2) is 4.79 Å². The molecule has 9 heteroatoms. The number of hydrogen-bond donors (Lipinski definition) is 1. The molecular formula is C27H32F3N3O3. The second kappa shape index (κ2) is 10.5. The first-order valence-electron chi connectivity index (χ1n) is 12.4. The number of amides is 2. The first-order chi connectivity index (χ1) is 17.1. The van der Waals surface area contributed by atoms with Crippen molar-refractivity contribution in [1.29, 1.82) is 0 Å². The number of nitrogens with zero attached hydrogens (tertiary/aromatic N) is 2. The van der Waals surface area contributed by atoms with Gasteiger partial charge < -0.3 is 15.4 Å². The third-order valence-corrected chi connectivity index (χ3v) is 7.66. The number of ether oxygens (including phenoxy) is 1. The second-order valence-corrected chi connectivity index (χ2v) is 9.97. The van der Waals surface area contributed by atoms with E-state index < -0.39 is 18.2 Å². The fourth-order valence-corrected chi connectivity index (χ4v) is 5.33. The summed E-state index contributed by atoms with van der Waals surface area (Å²) in [6.07, 6.45) is 2.16. The van der Waals surface area contributed by atoms with Gasteiger partial charge in [-0.2, -0.15) is 13.2 Å². The highest BCUT2D eigenvalue weighted by atomic mass is 19.4. The number of halogens is 3. The molecule has 1 atom stereocenters. The zero-order valence-corrected chi connectivity index (χ0v) is 20.3. The van der Waals surface area contributed by atoms with Crippen LogP contribution >= 0.6 is 0 Å². The number of carbonyl (C=O) groups is 2. The minimum atomic E-state index is -4.32. The molecule has 1 aromatic carbocycles. The van der Waals surface area contributed by atoms with Crippen LogP contribution in [0.4, 0.5) is 18.0 Å². The molecule has 0 unspecified atom stereocenters. The Hall–Kier alpha value is -3.10. The molecule has 0 spiro atoms. The van der Waals surface area contributed by atoms with Crippen molar-refractivity contribution in [2.45, 2.75) is 81.5 Å². The Morgan fingerprint density at radius 1 is 1.08 bits per heavy atom. The Morgan fingerprint density at radius 3 is 2.25 bits per heavy atom. The summed E-state index contributed by atoms with van der Waals surface area (Å²) in [6.45, 7) is 1.32. The highest BCUT2D eigenvalue weighted by Gasteiger charge is 2.44. The Balaban J connectivity index is 1.48. The Morgan fingerprint density at radius 2 is 1.72 bits per heavy atom. The predicted octanol–water partition coefficient (Wildman–Crippen LogP) is 5.72. The van der Waals surface area contributed by atoms with Gasteiger partial charge in [-0.05, 0) is 81.7 Å². The molecule has 2 amide bonds. The van der Waals surface area contributed by atoms with Gasteiger partial charge in [0.1, 0.15) is 0 Å². The lowest BCUT2D eigenvalue weighted by Crippen LogP contribution is -2.47. The predicted molar refractivity (Wildman–Crippen MR) is 128 cm³/mol. The van der Waals surface area contributed by atoms with Crippen LogP contribution in [0.2, 0.25) is 0 Å². The summed E-state index contributed by atoms with van der Waals surface area (Å²) in [4.78, 5) is 31.1. The molecular weight excluding hydrogens is 471 g/mol. The average Bonchev–Trinajstić information content (AvgIpc) is 3.70. The summed E-state index contributed by atoms with van der Waals surface area (Å²) in [5.74, 6) is -1.71. The molecule has 0 aliphatic heterocycles. The summed E-state index contributed by atoms with van der Waals surface area (Å²) >= 11 is 0. The van der Waals surface area contributed by atoms with E-state index in [1.54, 1.807) is 6.20 Å². The number of benzene rings is 1. The number of rotatable bonds is 8. The summed E-state index contributed by atoms with van der Waals surface area (Å²) in [5.41, 5.74) is 6.37. The van der Waals surface area contributed by atoms with E-state index in [1.807, 2.05) is 23.1 Å². The number of carbonyl (C=O) groups excluding carboxylic acids is 2. The number of aromatic nitrogens is 1. The van der Waals surface area contributed by atoms with Gasteiger partial charge in [-0.3, -0.25) is 9.78 Å². The zero-order chi connectivity index (χ0) is 25.9. The van der Waals surface area contributed by atoms with Crippen molar-refractivity contribution >= 4 is 12.0 Å². The minimum Gasteiger partial charge on any atom is -0.450 e. The number of hydrogen-bond acceptors (Lipinski definition) is 4. The molecule has 6 nitrogen and oxygen atoms in total. The van der Waals surface area contributed by atoms with Gasteiger partial charge in [0.25, 0.3) is 5.91 Å². The van der Waals surface area contributed by atoms with E-state index in [9.17, 15) is 22.8 Å². The van der Waals surface area contributed by atoms with E-state index in [1.165, 1.54) is 24.3 Å². The molecule has 0 bridgehead atoms. The molecule has 194 valence electrons. The van der Waals surface area contributed by atoms with Crippen molar-refractivity contribution < 1.29 is 27.5 Å². The number of pyridine rings is 1. The molecule has 1 aromatic heterocycles. The van der Waals surface area contributed by atoms with Crippen LogP contribution in [0.1, 0.15) is 79.4 Å². The number of alkyl halides is 3. The molecule has 1 heterocycles. The molecule has 4 rings (SSSR count). The molecule has 2 aliphatic rings. The Labute approximate surface area is 209 Å². The lowest BCUT2D eigenvalue weighted by molar-refractivity contribution is -0.146. The molecule has 2 saturated carbocycles. The monoisotopic (exact) mass is 503 g/mol. The van der Waals surface area contributed by atoms with Crippen LogP contribution in [0, 0.1) is 0 Å². The van der Waals surface area contributed by atoms with Gasteiger partial charge in [0.2, 0.25) is 0 Å². The van der Waals surface area contributed by atoms with Crippen LogP contribution in [-0.4, -0.2) is 46.8 Å². The number of primary amides is 1. The summed E-state index contributed by atoms with van der Waals surface area (Å²) < 4.78 is 44.2. The molecule has 36 heavy (non-hydrogen) atoms. The molecule has 2 N–H and O–H groups in total. The van der Waals surface area contributed by atoms with Crippen LogP contribution in [0.25, 0.3) is 0 Å². The van der Waals surface area contributed by atoms with E-state index >= 15 is 0 Å². The van der Waals surface area contributed by atoms with Gasteiger partial charge in [-0.15, -0.1) is 0 Å². The van der Waals surface area contributed by atoms with Crippen LogP contribution < -0.4 is 5.73 Å². The third-order valence-electron chi connectivity index (χ3n) is 7.66. The van der Waals surface area contributed by atoms with Crippen LogP contribution in [0.3, 0.4) is 0 Å². The van der Waals surface area contributed by atoms with Crippen molar-refractivity contribution in [1.82, 2.24) is 9.88 Å². The quantitative estimate of drug-likeness (QED) is 0.499. The zero-order valence-electron chi connectivity index (χ0n) is 20.3. The maximum absolute atomic E-state index is 13.5. The maximum Gasteiger partial charge on any atom is 0.404 e. The molecule has 2 aliphatic carbocycles.